The molecule has 2 N–H and O–H groups in total. The molecule has 86 valence electrons. The molecule has 5 heteroatoms. The average molecular weight is 246 g/mol. The maximum absolute atomic E-state index is 5.54. The summed E-state index contributed by atoms with van der Waals surface area (Å²) in [4.78, 5) is 1.01. The summed E-state index contributed by atoms with van der Waals surface area (Å²) in [6.45, 7) is 0. The Morgan fingerprint density at radius 1 is 1.29 bits per heavy atom. The van der Waals surface area contributed by atoms with E-state index in [0.29, 0.717) is 11.6 Å². The maximum atomic E-state index is 5.54. The molecule has 0 atom stereocenters. The first-order valence-corrected chi connectivity index (χ1v) is 5.88. The van der Waals surface area contributed by atoms with Gasteiger partial charge in [0.25, 0.3) is 0 Å². The second kappa shape index (κ2) is 3.78. The number of hydrogen-bond acceptors (Lipinski definition) is 5. The SMILES string of the molecule is COc1ccc2sc(-c3cc(N)no3)cc2c1. The van der Waals surface area contributed by atoms with Gasteiger partial charge in [-0.3, -0.25) is 0 Å². The van der Waals surface area contributed by atoms with Gasteiger partial charge in [-0.15, -0.1) is 11.3 Å². The normalized spacial score (nSPS) is 10.9. The zero-order chi connectivity index (χ0) is 11.8. The molecule has 0 aliphatic heterocycles. The lowest BCUT2D eigenvalue weighted by molar-refractivity contribution is 0.415. The Morgan fingerprint density at radius 3 is 2.88 bits per heavy atom. The van der Waals surface area contributed by atoms with Gasteiger partial charge in [-0.05, 0) is 29.7 Å². The van der Waals surface area contributed by atoms with Gasteiger partial charge in [-0.1, -0.05) is 5.16 Å². The van der Waals surface area contributed by atoms with Crippen molar-refractivity contribution in [3.63, 3.8) is 0 Å². The van der Waals surface area contributed by atoms with Gasteiger partial charge in [0.05, 0.1) is 12.0 Å². The van der Waals surface area contributed by atoms with Gasteiger partial charge in [0, 0.05) is 10.8 Å². The summed E-state index contributed by atoms with van der Waals surface area (Å²) in [5, 5.41) is 4.81. The van der Waals surface area contributed by atoms with Crippen molar-refractivity contribution in [1.82, 2.24) is 5.16 Å². The van der Waals surface area contributed by atoms with Crippen LogP contribution < -0.4 is 10.5 Å². The third-order valence-corrected chi connectivity index (χ3v) is 3.63. The highest BCUT2D eigenvalue weighted by Gasteiger charge is 2.09. The number of nitrogen functional groups attached to an aromatic ring is 1. The Hall–Kier alpha value is -2.01. The molecule has 0 radical (unpaired) electrons. The molecule has 1 aromatic carbocycles. The van der Waals surface area contributed by atoms with Crippen LogP contribution in [0.1, 0.15) is 0 Å². The van der Waals surface area contributed by atoms with Gasteiger partial charge >= 0.3 is 0 Å². The zero-order valence-electron chi connectivity index (χ0n) is 9.14. The second-order valence-corrected chi connectivity index (χ2v) is 4.71. The van der Waals surface area contributed by atoms with Crippen molar-refractivity contribution in [1.29, 1.82) is 0 Å². The molecule has 3 rings (SSSR count). The second-order valence-electron chi connectivity index (χ2n) is 3.63. The molecule has 2 aromatic heterocycles. The minimum Gasteiger partial charge on any atom is -0.497 e. The van der Waals surface area contributed by atoms with Crippen LogP contribution in [-0.4, -0.2) is 12.3 Å². The molecule has 0 unspecified atom stereocenters. The molecule has 0 aliphatic carbocycles. The molecule has 2 heterocycles. The number of fused-ring (bicyclic) bond motifs is 1. The van der Waals surface area contributed by atoms with E-state index in [2.05, 4.69) is 5.16 Å². The number of aromatic nitrogens is 1. The third kappa shape index (κ3) is 1.74. The van der Waals surface area contributed by atoms with Crippen LogP contribution in [0.25, 0.3) is 20.7 Å². The number of nitrogens with two attached hydrogens (primary N) is 1. The Bertz CT molecular complexity index is 672. The van der Waals surface area contributed by atoms with Crippen molar-refractivity contribution in [3.8, 4) is 16.4 Å². The lowest BCUT2D eigenvalue weighted by atomic mass is 10.2. The monoisotopic (exact) mass is 246 g/mol. The fourth-order valence-corrected chi connectivity index (χ4v) is 2.67. The highest BCUT2D eigenvalue weighted by molar-refractivity contribution is 7.22. The van der Waals surface area contributed by atoms with Gasteiger partial charge in [0.1, 0.15) is 5.75 Å². The summed E-state index contributed by atoms with van der Waals surface area (Å²) in [5.74, 6) is 1.94. The molecule has 3 aromatic rings. The largest absolute Gasteiger partial charge is 0.497 e. The van der Waals surface area contributed by atoms with E-state index in [0.717, 1.165) is 16.0 Å². The highest BCUT2D eigenvalue weighted by atomic mass is 32.1. The number of thiophene rings is 1. The van der Waals surface area contributed by atoms with Gasteiger partial charge < -0.3 is 15.0 Å². The lowest BCUT2D eigenvalue weighted by Gasteiger charge is -1.97. The quantitative estimate of drug-likeness (QED) is 0.754. The number of rotatable bonds is 2. The minimum absolute atomic E-state index is 0.398. The summed E-state index contributed by atoms with van der Waals surface area (Å²) < 4.78 is 11.5. The van der Waals surface area contributed by atoms with Crippen LogP contribution in [0.3, 0.4) is 0 Å². The van der Waals surface area contributed by atoms with Gasteiger partial charge in [-0.25, -0.2) is 0 Å². The van der Waals surface area contributed by atoms with E-state index < -0.39 is 0 Å². The number of nitrogens with zero attached hydrogens (tertiary/aromatic N) is 1. The van der Waals surface area contributed by atoms with E-state index in [-0.39, 0.29) is 0 Å². The van der Waals surface area contributed by atoms with E-state index in [1.54, 1.807) is 24.5 Å². The van der Waals surface area contributed by atoms with Crippen molar-refractivity contribution in [3.05, 3.63) is 30.3 Å². The van der Waals surface area contributed by atoms with Crippen molar-refractivity contribution in [2.75, 3.05) is 12.8 Å². The van der Waals surface area contributed by atoms with Crippen molar-refractivity contribution >= 4 is 27.2 Å². The predicted octanol–water partition coefficient (Wildman–Crippen LogP) is 3.15. The third-order valence-electron chi connectivity index (χ3n) is 2.49. The fraction of sp³-hybridized carbons (Fsp3) is 0.0833. The number of ether oxygens (including phenoxy) is 1. The summed E-state index contributed by atoms with van der Waals surface area (Å²) in [6, 6.07) is 9.74. The Labute approximate surface area is 102 Å². The van der Waals surface area contributed by atoms with Crippen LogP contribution in [0.5, 0.6) is 5.75 Å². The highest BCUT2D eigenvalue weighted by Crippen LogP contribution is 2.35. The van der Waals surface area contributed by atoms with Crippen molar-refractivity contribution in [2.24, 2.45) is 0 Å². The fourth-order valence-electron chi connectivity index (χ4n) is 1.67. The van der Waals surface area contributed by atoms with Crippen LogP contribution in [-0.2, 0) is 0 Å². The predicted molar refractivity (Wildman–Crippen MR) is 68.3 cm³/mol. The molecule has 0 bridgehead atoms. The molecule has 0 aliphatic rings. The van der Waals surface area contributed by atoms with E-state index in [4.69, 9.17) is 15.0 Å². The first-order chi connectivity index (χ1) is 8.26. The molecule has 0 saturated carbocycles. The number of hydrogen-bond donors (Lipinski definition) is 1. The maximum Gasteiger partial charge on any atom is 0.179 e. The lowest BCUT2D eigenvalue weighted by Crippen LogP contribution is -1.79. The Kier molecular flexibility index (Phi) is 2.26. The van der Waals surface area contributed by atoms with Gasteiger partial charge in [0.15, 0.2) is 11.6 Å². The van der Waals surface area contributed by atoms with E-state index in [1.165, 1.54) is 4.70 Å². The Balaban J connectivity index is 2.13. The molecule has 17 heavy (non-hydrogen) atoms. The van der Waals surface area contributed by atoms with Crippen LogP contribution in [0.15, 0.2) is 34.9 Å². The first-order valence-electron chi connectivity index (χ1n) is 5.06. The van der Waals surface area contributed by atoms with E-state index >= 15 is 0 Å². The molecule has 0 fully saturated rings. The van der Waals surface area contributed by atoms with Gasteiger partial charge in [0.2, 0.25) is 0 Å². The number of benzene rings is 1. The summed E-state index contributed by atoms with van der Waals surface area (Å²) in [7, 11) is 1.66. The van der Waals surface area contributed by atoms with Crippen molar-refractivity contribution in [2.45, 2.75) is 0 Å². The molecule has 4 nitrogen and oxygen atoms in total. The smallest absolute Gasteiger partial charge is 0.179 e. The minimum atomic E-state index is 0.398. The summed E-state index contributed by atoms with van der Waals surface area (Å²) in [5.41, 5.74) is 5.54. The Morgan fingerprint density at radius 2 is 2.18 bits per heavy atom. The number of anilines is 1. The number of methoxy groups -OCH3 is 1. The molecular formula is C12H10N2O2S. The van der Waals surface area contributed by atoms with Crippen LogP contribution >= 0.6 is 11.3 Å². The van der Waals surface area contributed by atoms with Gasteiger partial charge in [-0.2, -0.15) is 0 Å². The van der Waals surface area contributed by atoms with Crippen LogP contribution in [0.2, 0.25) is 0 Å². The zero-order valence-corrected chi connectivity index (χ0v) is 9.95. The molecule has 0 spiro atoms. The van der Waals surface area contributed by atoms with E-state index in [9.17, 15) is 0 Å². The van der Waals surface area contributed by atoms with Crippen LogP contribution in [0, 0.1) is 0 Å². The summed E-state index contributed by atoms with van der Waals surface area (Å²) >= 11 is 1.64. The molecule has 0 saturated heterocycles. The summed E-state index contributed by atoms with van der Waals surface area (Å²) in [6.07, 6.45) is 0. The molecular weight excluding hydrogens is 236 g/mol. The topological polar surface area (TPSA) is 61.3 Å². The van der Waals surface area contributed by atoms with Crippen molar-refractivity contribution < 1.29 is 9.26 Å². The average Bonchev–Trinajstić information content (AvgIpc) is 2.93. The standard InChI is InChI=1S/C12H10N2O2S/c1-15-8-2-3-10-7(4-8)5-11(17-10)9-6-12(13)14-16-9/h2-6H,1H3,(H2,13,14). The first kappa shape index (κ1) is 10.2. The molecule has 0 amide bonds. The van der Waals surface area contributed by atoms with E-state index in [1.807, 2.05) is 24.3 Å². The van der Waals surface area contributed by atoms with Crippen LogP contribution in [0.4, 0.5) is 5.82 Å².